The highest BCUT2D eigenvalue weighted by atomic mass is 16.5. The number of imidazole rings is 1. The molecule has 140 valence electrons. The fourth-order valence-electron chi connectivity index (χ4n) is 3.99. The number of hydrogen-bond acceptors (Lipinski definition) is 3. The van der Waals surface area contributed by atoms with E-state index >= 15 is 0 Å². The molecule has 1 heterocycles. The topological polar surface area (TPSA) is 49.9 Å². The van der Waals surface area contributed by atoms with Crippen molar-refractivity contribution in [1.29, 1.82) is 0 Å². The van der Waals surface area contributed by atoms with Gasteiger partial charge in [0.25, 0.3) is 0 Å². The Labute approximate surface area is 164 Å². The van der Waals surface area contributed by atoms with E-state index in [0.29, 0.717) is 12.6 Å². The molecule has 0 fully saturated rings. The molecule has 4 aromatic rings. The summed E-state index contributed by atoms with van der Waals surface area (Å²) in [5, 5.41) is 3.62. The first kappa shape index (κ1) is 17.0. The van der Waals surface area contributed by atoms with Gasteiger partial charge in [0, 0.05) is 12.6 Å². The summed E-state index contributed by atoms with van der Waals surface area (Å²) in [6.07, 6.45) is 3.96. The fourth-order valence-corrected chi connectivity index (χ4v) is 3.99. The minimum atomic E-state index is 0.528. The Morgan fingerprint density at radius 1 is 0.929 bits per heavy atom. The minimum absolute atomic E-state index is 0.528. The van der Waals surface area contributed by atoms with Gasteiger partial charge in [0.15, 0.2) is 0 Å². The van der Waals surface area contributed by atoms with Gasteiger partial charge in [-0.1, -0.05) is 42.5 Å². The van der Waals surface area contributed by atoms with Crippen LogP contribution in [0.2, 0.25) is 0 Å². The van der Waals surface area contributed by atoms with E-state index < -0.39 is 0 Å². The Kier molecular flexibility index (Phi) is 4.55. The van der Waals surface area contributed by atoms with Crippen LogP contribution >= 0.6 is 0 Å². The maximum Gasteiger partial charge on any atom is 0.119 e. The average molecular weight is 369 g/mol. The molecule has 3 aromatic carbocycles. The average Bonchev–Trinajstić information content (AvgIpc) is 3.37. The SMILES string of the molecule is c1ccc2c(c1)CC(NCCOc1ccc(-c3ccc4nc[nH]c4c3)cc1)C2. The number of rotatable bonds is 6. The number of H-pyrrole nitrogens is 1. The van der Waals surface area contributed by atoms with Gasteiger partial charge in [-0.2, -0.15) is 0 Å². The third-order valence-electron chi connectivity index (χ3n) is 5.46. The lowest BCUT2D eigenvalue weighted by atomic mass is 10.1. The molecular weight excluding hydrogens is 346 g/mol. The molecule has 1 aromatic heterocycles. The molecular formula is C24H23N3O. The summed E-state index contributed by atoms with van der Waals surface area (Å²) in [7, 11) is 0. The number of ether oxygens (including phenoxy) is 1. The monoisotopic (exact) mass is 369 g/mol. The lowest BCUT2D eigenvalue weighted by molar-refractivity contribution is 0.306. The Bertz CT molecular complexity index is 1060. The van der Waals surface area contributed by atoms with E-state index in [-0.39, 0.29) is 0 Å². The lowest BCUT2D eigenvalue weighted by Gasteiger charge is -2.13. The van der Waals surface area contributed by atoms with E-state index in [0.717, 1.165) is 36.2 Å². The molecule has 0 amide bonds. The van der Waals surface area contributed by atoms with Crippen LogP contribution in [0.25, 0.3) is 22.2 Å². The van der Waals surface area contributed by atoms with Crippen LogP contribution in [0.4, 0.5) is 0 Å². The van der Waals surface area contributed by atoms with E-state index in [1.54, 1.807) is 6.33 Å². The van der Waals surface area contributed by atoms with E-state index in [4.69, 9.17) is 4.74 Å². The fraction of sp³-hybridized carbons (Fsp3) is 0.208. The second kappa shape index (κ2) is 7.49. The molecule has 2 N–H and O–H groups in total. The Morgan fingerprint density at radius 3 is 2.46 bits per heavy atom. The van der Waals surface area contributed by atoms with Gasteiger partial charge in [0.1, 0.15) is 12.4 Å². The predicted octanol–water partition coefficient (Wildman–Crippen LogP) is 4.37. The number of aromatic amines is 1. The largest absolute Gasteiger partial charge is 0.492 e. The summed E-state index contributed by atoms with van der Waals surface area (Å²) in [6, 6.07) is 23.8. The van der Waals surface area contributed by atoms with E-state index in [2.05, 4.69) is 63.8 Å². The van der Waals surface area contributed by atoms with Crippen LogP contribution in [0.3, 0.4) is 0 Å². The smallest absolute Gasteiger partial charge is 0.119 e. The summed E-state index contributed by atoms with van der Waals surface area (Å²) in [4.78, 5) is 7.43. The van der Waals surface area contributed by atoms with Gasteiger partial charge in [-0.05, 0) is 59.4 Å². The van der Waals surface area contributed by atoms with Crippen molar-refractivity contribution in [3.05, 3.63) is 84.2 Å². The molecule has 1 aliphatic rings. The van der Waals surface area contributed by atoms with E-state index in [1.165, 1.54) is 22.3 Å². The second-order valence-corrected chi connectivity index (χ2v) is 7.34. The van der Waals surface area contributed by atoms with Crippen molar-refractivity contribution in [1.82, 2.24) is 15.3 Å². The number of fused-ring (bicyclic) bond motifs is 2. The van der Waals surface area contributed by atoms with Crippen molar-refractivity contribution in [2.45, 2.75) is 18.9 Å². The number of nitrogens with zero attached hydrogens (tertiary/aromatic N) is 1. The van der Waals surface area contributed by atoms with Crippen LogP contribution in [-0.2, 0) is 12.8 Å². The number of hydrogen-bond donors (Lipinski definition) is 2. The van der Waals surface area contributed by atoms with Gasteiger partial charge in [-0.15, -0.1) is 0 Å². The van der Waals surface area contributed by atoms with Crippen LogP contribution in [0, 0.1) is 0 Å². The third-order valence-corrected chi connectivity index (χ3v) is 5.46. The molecule has 1 aliphatic carbocycles. The molecule has 5 rings (SSSR count). The zero-order chi connectivity index (χ0) is 18.8. The molecule has 0 saturated heterocycles. The van der Waals surface area contributed by atoms with Gasteiger partial charge in [-0.3, -0.25) is 0 Å². The number of nitrogens with one attached hydrogen (secondary N) is 2. The van der Waals surface area contributed by atoms with Crippen LogP contribution in [0.15, 0.2) is 73.1 Å². The van der Waals surface area contributed by atoms with Crippen LogP contribution < -0.4 is 10.1 Å². The summed E-state index contributed by atoms with van der Waals surface area (Å²) in [5.41, 5.74) is 7.34. The molecule has 0 bridgehead atoms. The van der Waals surface area contributed by atoms with Crippen molar-refractivity contribution in [2.75, 3.05) is 13.2 Å². The molecule has 0 atom stereocenters. The number of aromatic nitrogens is 2. The van der Waals surface area contributed by atoms with E-state index in [9.17, 15) is 0 Å². The molecule has 0 saturated carbocycles. The Morgan fingerprint density at radius 2 is 1.68 bits per heavy atom. The Hall–Kier alpha value is -3.11. The highest BCUT2D eigenvalue weighted by molar-refractivity contribution is 5.81. The van der Waals surface area contributed by atoms with Crippen molar-refractivity contribution >= 4 is 11.0 Å². The Balaban J connectivity index is 1.13. The van der Waals surface area contributed by atoms with Crippen molar-refractivity contribution in [3.8, 4) is 16.9 Å². The molecule has 0 spiro atoms. The van der Waals surface area contributed by atoms with Gasteiger partial charge in [-0.25, -0.2) is 4.98 Å². The van der Waals surface area contributed by atoms with Crippen LogP contribution in [0.5, 0.6) is 5.75 Å². The molecule has 0 radical (unpaired) electrons. The quantitative estimate of drug-likeness (QED) is 0.496. The summed E-state index contributed by atoms with van der Waals surface area (Å²) in [5.74, 6) is 0.905. The highest BCUT2D eigenvalue weighted by Gasteiger charge is 2.19. The van der Waals surface area contributed by atoms with Crippen molar-refractivity contribution in [3.63, 3.8) is 0 Å². The maximum absolute atomic E-state index is 5.91. The van der Waals surface area contributed by atoms with Crippen molar-refractivity contribution < 1.29 is 4.74 Å². The summed E-state index contributed by atoms with van der Waals surface area (Å²) in [6.45, 7) is 1.53. The molecule has 4 heteroatoms. The first-order chi connectivity index (χ1) is 13.8. The number of benzene rings is 3. The van der Waals surface area contributed by atoms with Crippen molar-refractivity contribution in [2.24, 2.45) is 0 Å². The van der Waals surface area contributed by atoms with Gasteiger partial charge >= 0.3 is 0 Å². The van der Waals surface area contributed by atoms with Gasteiger partial charge < -0.3 is 15.0 Å². The van der Waals surface area contributed by atoms with E-state index in [1.807, 2.05) is 18.2 Å². The zero-order valence-electron chi connectivity index (χ0n) is 15.7. The van der Waals surface area contributed by atoms with Gasteiger partial charge in [0.05, 0.1) is 17.4 Å². The molecule has 0 unspecified atom stereocenters. The zero-order valence-corrected chi connectivity index (χ0v) is 15.7. The van der Waals surface area contributed by atoms with Crippen LogP contribution in [0.1, 0.15) is 11.1 Å². The second-order valence-electron chi connectivity index (χ2n) is 7.34. The minimum Gasteiger partial charge on any atom is -0.492 e. The highest BCUT2D eigenvalue weighted by Crippen LogP contribution is 2.25. The molecule has 0 aliphatic heterocycles. The van der Waals surface area contributed by atoms with Gasteiger partial charge in [0.2, 0.25) is 0 Å². The molecule has 28 heavy (non-hydrogen) atoms. The maximum atomic E-state index is 5.91. The summed E-state index contributed by atoms with van der Waals surface area (Å²) >= 11 is 0. The predicted molar refractivity (Wildman–Crippen MR) is 113 cm³/mol. The normalized spacial score (nSPS) is 13.7. The standard InChI is InChI=1S/C24H23N3O/c1-2-4-19-14-21(13-18(19)3-1)25-11-12-28-22-8-5-17(6-9-22)20-7-10-23-24(15-20)27-16-26-23/h1-10,15-16,21,25H,11-14H2,(H,26,27). The summed E-state index contributed by atoms with van der Waals surface area (Å²) < 4.78 is 5.91. The lowest BCUT2D eigenvalue weighted by Crippen LogP contribution is -2.33. The third kappa shape index (κ3) is 3.51. The van der Waals surface area contributed by atoms with Crippen LogP contribution in [-0.4, -0.2) is 29.2 Å². The first-order valence-corrected chi connectivity index (χ1v) is 9.82. The molecule has 4 nitrogen and oxygen atoms in total. The first-order valence-electron chi connectivity index (χ1n) is 9.82.